The number of piperidine rings is 1. The van der Waals surface area contributed by atoms with Crippen molar-refractivity contribution in [2.45, 2.75) is 17.7 Å². The third-order valence-electron chi connectivity index (χ3n) is 5.08. The van der Waals surface area contributed by atoms with E-state index in [0.29, 0.717) is 24.3 Å². The molecule has 0 bridgehead atoms. The number of nitrogens with zero attached hydrogens (tertiary/aromatic N) is 2. The van der Waals surface area contributed by atoms with E-state index < -0.39 is 10.0 Å². The van der Waals surface area contributed by atoms with Gasteiger partial charge in [-0.05, 0) is 42.7 Å². The number of sulfonamides is 1. The summed E-state index contributed by atoms with van der Waals surface area (Å²) in [6, 6.07) is 12.0. The third-order valence-corrected chi connectivity index (χ3v) is 7.50. The summed E-state index contributed by atoms with van der Waals surface area (Å²) in [5.74, 6) is 0.303. The van der Waals surface area contributed by atoms with E-state index in [1.807, 2.05) is 24.3 Å². The maximum atomic E-state index is 13.0. The van der Waals surface area contributed by atoms with Crippen LogP contribution in [0.3, 0.4) is 0 Å². The molecule has 166 valence electrons. The minimum absolute atomic E-state index is 0.132. The minimum Gasteiger partial charge on any atom is -0.493 e. The quantitative estimate of drug-likeness (QED) is 0.456. The number of benzene rings is 2. The zero-order valence-electron chi connectivity index (χ0n) is 17.2. The molecule has 3 rings (SSSR count). The van der Waals surface area contributed by atoms with Crippen molar-refractivity contribution in [3.8, 4) is 11.5 Å². The van der Waals surface area contributed by atoms with Gasteiger partial charge < -0.3 is 9.47 Å². The highest BCUT2D eigenvalue weighted by Gasteiger charge is 2.32. The molecule has 1 N–H and O–H groups in total. The highest BCUT2D eigenvalue weighted by atomic mass is 79.9. The van der Waals surface area contributed by atoms with Gasteiger partial charge in [0.15, 0.2) is 11.5 Å². The van der Waals surface area contributed by atoms with Crippen molar-refractivity contribution >= 4 is 38.1 Å². The van der Waals surface area contributed by atoms with E-state index >= 15 is 0 Å². The standard InChI is InChI=1S/C21H24BrN3O5S/c1-29-19-8-7-18(13-20(19)30-2)31(27,28)25-11-9-16(10-12-25)21(26)24-23-14-15-3-5-17(22)6-4-15/h3-8,13-14,16H,9-12H2,1-2H3,(H,24,26)/b23-14-. The van der Waals surface area contributed by atoms with Gasteiger partial charge in [-0.15, -0.1) is 0 Å². The Morgan fingerprint density at radius 1 is 1.10 bits per heavy atom. The number of hydrazone groups is 1. The van der Waals surface area contributed by atoms with E-state index in [4.69, 9.17) is 9.47 Å². The van der Waals surface area contributed by atoms with E-state index in [9.17, 15) is 13.2 Å². The van der Waals surface area contributed by atoms with Gasteiger partial charge >= 0.3 is 0 Å². The fourth-order valence-electron chi connectivity index (χ4n) is 3.29. The lowest BCUT2D eigenvalue weighted by atomic mass is 9.98. The zero-order valence-corrected chi connectivity index (χ0v) is 19.6. The highest BCUT2D eigenvalue weighted by molar-refractivity contribution is 9.10. The van der Waals surface area contributed by atoms with E-state index in [1.165, 1.54) is 30.7 Å². The molecule has 10 heteroatoms. The van der Waals surface area contributed by atoms with E-state index in [2.05, 4.69) is 26.5 Å². The first-order valence-corrected chi connectivity index (χ1v) is 11.9. The number of halogens is 1. The molecule has 2 aromatic carbocycles. The SMILES string of the molecule is COc1ccc(S(=O)(=O)N2CCC(C(=O)N/N=C\c3ccc(Br)cc3)CC2)cc1OC. The minimum atomic E-state index is -3.69. The lowest BCUT2D eigenvalue weighted by molar-refractivity contribution is -0.126. The average molecular weight is 510 g/mol. The van der Waals surface area contributed by atoms with E-state index in [1.54, 1.807) is 12.3 Å². The number of carbonyl (C=O) groups excluding carboxylic acids is 1. The molecule has 1 aliphatic rings. The van der Waals surface area contributed by atoms with Crippen molar-refractivity contribution in [1.82, 2.24) is 9.73 Å². The first kappa shape index (κ1) is 23.2. The molecule has 0 aliphatic carbocycles. The van der Waals surface area contributed by atoms with E-state index in [-0.39, 0.29) is 29.8 Å². The number of hydrogen-bond acceptors (Lipinski definition) is 6. The van der Waals surface area contributed by atoms with Gasteiger partial charge in [0, 0.05) is 29.5 Å². The van der Waals surface area contributed by atoms with Crippen LogP contribution < -0.4 is 14.9 Å². The molecule has 1 saturated heterocycles. The van der Waals surface area contributed by atoms with Gasteiger partial charge in [-0.3, -0.25) is 4.79 Å². The van der Waals surface area contributed by atoms with Gasteiger partial charge in [0.2, 0.25) is 15.9 Å². The molecule has 1 heterocycles. The predicted molar refractivity (Wildman–Crippen MR) is 121 cm³/mol. The molecule has 0 radical (unpaired) electrons. The first-order chi connectivity index (χ1) is 14.8. The summed E-state index contributed by atoms with van der Waals surface area (Å²) in [6.45, 7) is 0.510. The van der Waals surface area contributed by atoms with Crippen LogP contribution in [0.1, 0.15) is 18.4 Å². The summed E-state index contributed by atoms with van der Waals surface area (Å²) in [6.07, 6.45) is 2.42. The van der Waals surface area contributed by atoms with Gasteiger partial charge in [0.1, 0.15) is 0 Å². The molecule has 0 spiro atoms. The lowest BCUT2D eigenvalue weighted by Crippen LogP contribution is -2.42. The lowest BCUT2D eigenvalue weighted by Gasteiger charge is -2.30. The first-order valence-electron chi connectivity index (χ1n) is 9.66. The van der Waals surface area contributed by atoms with Crippen molar-refractivity contribution in [2.24, 2.45) is 11.0 Å². The Balaban J connectivity index is 1.58. The Labute approximate surface area is 190 Å². The Kier molecular flexibility index (Phi) is 7.69. The van der Waals surface area contributed by atoms with Gasteiger partial charge in [0.25, 0.3) is 0 Å². The van der Waals surface area contributed by atoms with Crippen LogP contribution in [-0.4, -0.2) is 52.2 Å². The number of carbonyl (C=O) groups is 1. The Hall–Kier alpha value is -2.43. The smallest absolute Gasteiger partial charge is 0.243 e. The van der Waals surface area contributed by atoms with Crippen LogP contribution in [-0.2, 0) is 14.8 Å². The summed E-state index contributed by atoms with van der Waals surface area (Å²) >= 11 is 3.36. The van der Waals surface area contributed by atoms with E-state index in [0.717, 1.165) is 10.0 Å². The van der Waals surface area contributed by atoms with Crippen molar-refractivity contribution in [3.05, 3.63) is 52.5 Å². The summed E-state index contributed by atoms with van der Waals surface area (Å²) in [7, 11) is -0.746. The van der Waals surface area contributed by atoms with Crippen LogP contribution in [0.15, 0.2) is 56.9 Å². The summed E-state index contributed by atoms with van der Waals surface area (Å²) < 4.78 is 38.7. The number of ether oxygens (including phenoxy) is 2. The normalized spacial score (nSPS) is 15.7. The fraction of sp³-hybridized carbons (Fsp3) is 0.333. The molecule has 31 heavy (non-hydrogen) atoms. The second-order valence-corrected chi connectivity index (χ2v) is 9.83. The molecular formula is C21H24BrN3O5S. The number of nitrogens with one attached hydrogen (secondary N) is 1. The highest BCUT2D eigenvalue weighted by Crippen LogP contribution is 2.32. The zero-order chi connectivity index (χ0) is 22.4. The average Bonchev–Trinajstić information content (AvgIpc) is 2.79. The largest absolute Gasteiger partial charge is 0.493 e. The second kappa shape index (κ2) is 10.3. The van der Waals surface area contributed by atoms with Crippen LogP contribution in [0.2, 0.25) is 0 Å². The van der Waals surface area contributed by atoms with Gasteiger partial charge in [0.05, 0.1) is 25.3 Å². The second-order valence-electron chi connectivity index (χ2n) is 6.98. The molecule has 0 saturated carbocycles. The molecule has 0 atom stereocenters. The van der Waals surface area contributed by atoms with Crippen LogP contribution >= 0.6 is 15.9 Å². The van der Waals surface area contributed by atoms with Gasteiger partial charge in [-0.25, -0.2) is 13.8 Å². The molecule has 1 amide bonds. The maximum absolute atomic E-state index is 13.0. The Morgan fingerprint density at radius 2 is 1.74 bits per heavy atom. The molecule has 2 aromatic rings. The van der Waals surface area contributed by atoms with Crippen LogP contribution in [0.25, 0.3) is 0 Å². The van der Waals surface area contributed by atoms with Gasteiger partial charge in [-0.1, -0.05) is 28.1 Å². The summed E-state index contributed by atoms with van der Waals surface area (Å²) in [4.78, 5) is 12.5. The predicted octanol–water partition coefficient (Wildman–Crippen LogP) is 3.02. The Morgan fingerprint density at radius 3 is 2.35 bits per heavy atom. The molecule has 0 aromatic heterocycles. The molecule has 1 aliphatic heterocycles. The van der Waals surface area contributed by atoms with Crippen molar-refractivity contribution in [3.63, 3.8) is 0 Å². The molecular weight excluding hydrogens is 486 g/mol. The fourth-order valence-corrected chi connectivity index (χ4v) is 5.04. The third kappa shape index (κ3) is 5.63. The number of amides is 1. The summed E-state index contributed by atoms with van der Waals surface area (Å²) in [5, 5.41) is 4.00. The molecule has 1 fully saturated rings. The topological polar surface area (TPSA) is 97.3 Å². The van der Waals surface area contributed by atoms with Crippen molar-refractivity contribution in [2.75, 3.05) is 27.3 Å². The van der Waals surface area contributed by atoms with Crippen molar-refractivity contribution < 1.29 is 22.7 Å². The molecule has 8 nitrogen and oxygen atoms in total. The Bertz CT molecular complexity index is 1050. The number of methoxy groups -OCH3 is 2. The number of hydrogen-bond donors (Lipinski definition) is 1. The monoisotopic (exact) mass is 509 g/mol. The van der Waals surface area contributed by atoms with Crippen LogP contribution in [0.4, 0.5) is 0 Å². The van der Waals surface area contributed by atoms with Crippen molar-refractivity contribution in [1.29, 1.82) is 0 Å². The van der Waals surface area contributed by atoms with Crippen LogP contribution in [0.5, 0.6) is 11.5 Å². The molecule has 0 unspecified atom stereocenters. The maximum Gasteiger partial charge on any atom is 0.243 e. The number of rotatable bonds is 7. The van der Waals surface area contributed by atoms with Crippen LogP contribution in [0, 0.1) is 5.92 Å². The summed E-state index contributed by atoms with van der Waals surface area (Å²) in [5.41, 5.74) is 3.41. The van der Waals surface area contributed by atoms with Gasteiger partial charge in [-0.2, -0.15) is 9.41 Å².